The van der Waals surface area contributed by atoms with Crippen LogP contribution in [0.3, 0.4) is 0 Å². The SMILES string of the molecule is CCNC(=NCc1ccc(OC)c(F)c1)N1CCOC(C2CCCO2)C1. The molecular formula is C19H28FN3O3. The topological polar surface area (TPSA) is 55.3 Å². The minimum Gasteiger partial charge on any atom is -0.494 e. The average Bonchev–Trinajstić information content (AvgIpc) is 3.20. The fourth-order valence-electron chi connectivity index (χ4n) is 3.39. The van der Waals surface area contributed by atoms with Gasteiger partial charge >= 0.3 is 0 Å². The molecule has 0 amide bonds. The number of aliphatic imine (C=N–C) groups is 1. The lowest BCUT2D eigenvalue weighted by molar-refractivity contribution is -0.0817. The van der Waals surface area contributed by atoms with Crippen LogP contribution in [-0.4, -0.2) is 63.0 Å². The molecule has 144 valence electrons. The van der Waals surface area contributed by atoms with Crippen molar-refractivity contribution in [1.82, 2.24) is 10.2 Å². The predicted molar refractivity (Wildman–Crippen MR) is 98.1 cm³/mol. The Morgan fingerprint density at radius 1 is 1.35 bits per heavy atom. The Morgan fingerprint density at radius 3 is 2.88 bits per heavy atom. The molecule has 26 heavy (non-hydrogen) atoms. The second-order valence-corrected chi connectivity index (χ2v) is 6.55. The van der Waals surface area contributed by atoms with Crippen LogP contribution in [0.25, 0.3) is 0 Å². The Bertz CT molecular complexity index is 620. The van der Waals surface area contributed by atoms with Gasteiger partial charge in [0.1, 0.15) is 6.10 Å². The number of morpholine rings is 1. The van der Waals surface area contributed by atoms with Crippen molar-refractivity contribution in [2.45, 2.75) is 38.5 Å². The third-order valence-corrected chi connectivity index (χ3v) is 4.74. The summed E-state index contributed by atoms with van der Waals surface area (Å²) >= 11 is 0. The molecule has 0 bridgehead atoms. The van der Waals surface area contributed by atoms with Gasteiger partial charge in [-0.05, 0) is 37.5 Å². The van der Waals surface area contributed by atoms with E-state index in [-0.39, 0.29) is 23.8 Å². The van der Waals surface area contributed by atoms with E-state index in [0.29, 0.717) is 13.2 Å². The lowest BCUT2D eigenvalue weighted by Gasteiger charge is -2.37. The molecule has 1 N–H and O–H groups in total. The van der Waals surface area contributed by atoms with Crippen LogP contribution in [0.5, 0.6) is 5.75 Å². The van der Waals surface area contributed by atoms with Crippen molar-refractivity contribution in [3.63, 3.8) is 0 Å². The molecule has 2 saturated heterocycles. The standard InChI is InChI=1S/C19H28FN3O3/c1-3-21-19(22-12-14-6-7-16(24-2)15(20)11-14)23-8-10-26-18(13-23)17-5-4-9-25-17/h6-7,11,17-18H,3-5,8-10,12-13H2,1-2H3,(H,21,22). The summed E-state index contributed by atoms with van der Waals surface area (Å²) in [5, 5.41) is 3.33. The minimum absolute atomic E-state index is 0.0773. The van der Waals surface area contributed by atoms with Gasteiger partial charge in [0, 0.05) is 26.2 Å². The van der Waals surface area contributed by atoms with E-state index in [0.717, 1.165) is 50.6 Å². The summed E-state index contributed by atoms with van der Waals surface area (Å²) < 4.78 is 30.5. The van der Waals surface area contributed by atoms with Crippen LogP contribution in [0.15, 0.2) is 23.2 Å². The van der Waals surface area contributed by atoms with Gasteiger partial charge in [0.05, 0.1) is 26.4 Å². The Balaban J connectivity index is 1.67. The van der Waals surface area contributed by atoms with Crippen LogP contribution in [0.2, 0.25) is 0 Å². The van der Waals surface area contributed by atoms with Crippen LogP contribution in [0.4, 0.5) is 4.39 Å². The second-order valence-electron chi connectivity index (χ2n) is 6.55. The van der Waals surface area contributed by atoms with Crippen molar-refractivity contribution in [3.05, 3.63) is 29.6 Å². The summed E-state index contributed by atoms with van der Waals surface area (Å²) in [6, 6.07) is 4.94. The van der Waals surface area contributed by atoms with Crippen LogP contribution >= 0.6 is 0 Å². The zero-order chi connectivity index (χ0) is 18.4. The summed E-state index contributed by atoms with van der Waals surface area (Å²) in [5.74, 6) is 0.710. The third kappa shape index (κ3) is 4.65. The van der Waals surface area contributed by atoms with Gasteiger partial charge in [-0.1, -0.05) is 6.07 Å². The fraction of sp³-hybridized carbons (Fsp3) is 0.632. The van der Waals surface area contributed by atoms with Crippen molar-refractivity contribution < 1.29 is 18.6 Å². The number of rotatable bonds is 5. The number of hydrogen-bond acceptors (Lipinski definition) is 4. The molecule has 0 aliphatic carbocycles. The molecule has 0 aromatic heterocycles. The van der Waals surface area contributed by atoms with E-state index in [4.69, 9.17) is 19.2 Å². The molecule has 6 nitrogen and oxygen atoms in total. The molecular weight excluding hydrogens is 337 g/mol. The zero-order valence-electron chi connectivity index (χ0n) is 15.5. The number of benzene rings is 1. The molecule has 0 radical (unpaired) electrons. The highest BCUT2D eigenvalue weighted by atomic mass is 19.1. The highest BCUT2D eigenvalue weighted by Gasteiger charge is 2.32. The first kappa shape index (κ1) is 18.9. The predicted octanol–water partition coefficient (Wildman–Crippen LogP) is 2.18. The molecule has 2 aliphatic rings. The zero-order valence-corrected chi connectivity index (χ0v) is 15.5. The van der Waals surface area contributed by atoms with Crippen molar-refractivity contribution in [1.29, 1.82) is 0 Å². The Morgan fingerprint density at radius 2 is 2.19 bits per heavy atom. The van der Waals surface area contributed by atoms with E-state index in [1.165, 1.54) is 13.2 Å². The number of hydrogen-bond donors (Lipinski definition) is 1. The monoisotopic (exact) mass is 365 g/mol. The molecule has 3 rings (SSSR count). The van der Waals surface area contributed by atoms with Gasteiger partial charge in [-0.25, -0.2) is 9.38 Å². The third-order valence-electron chi connectivity index (χ3n) is 4.74. The molecule has 2 heterocycles. The number of methoxy groups -OCH3 is 1. The van der Waals surface area contributed by atoms with E-state index in [9.17, 15) is 4.39 Å². The average molecular weight is 365 g/mol. The molecule has 2 atom stereocenters. The van der Waals surface area contributed by atoms with Crippen molar-refractivity contribution in [2.24, 2.45) is 4.99 Å². The first-order valence-electron chi connectivity index (χ1n) is 9.30. The minimum atomic E-state index is -0.366. The number of halogens is 1. The second kappa shape index (κ2) is 9.19. The molecule has 2 aliphatic heterocycles. The maximum absolute atomic E-state index is 13.9. The van der Waals surface area contributed by atoms with E-state index in [1.54, 1.807) is 6.07 Å². The highest BCUT2D eigenvalue weighted by molar-refractivity contribution is 5.80. The first-order chi connectivity index (χ1) is 12.7. The van der Waals surface area contributed by atoms with Gasteiger partial charge in [-0.15, -0.1) is 0 Å². The van der Waals surface area contributed by atoms with Crippen molar-refractivity contribution in [2.75, 3.05) is 40.0 Å². The molecule has 2 unspecified atom stereocenters. The van der Waals surface area contributed by atoms with E-state index >= 15 is 0 Å². The maximum Gasteiger partial charge on any atom is 0.194 e. The smallest absolute Gasteiger partial charge is 0.194 e. The fourth-order valence-corrected chi connectivity index (χ4v) is 3.39. The lowest BCUT2D eigenvalue weighted by atomic mass is 10.1. The van der Waals surface area contributed by atoms with Gasteiger partial charge < -0.3 is 24.4 Å². The van der Waals surface area contributed by atoms with E-state index in [2.05, 4.69) is 10.2 Å². The number of nitrogens with one attached hydrogen (secondary N) is 1. The quantitative estimate of drug-likeness (QED) is 0.640. The van der Waals surface area contributed by atoms with E-state index < -0.39 is 0 Å². The number of nitrogens with zero attached hydrogens (tertiary/aromatic N) is 2. The number of guanidine groups is 1. The van der Waals surface area contributed by atoms with Gasteiger partial charge in [-0.2, -0.15) is 0 Å². The summed E-state index contributed by atoms with van der Waals surface area (Å²) in [5.41, 5.74) is 0.808. The van der Waals surface area contributed by atoms with Gasteiger partial charge in [0.2, 0.25) is 0 Å². The summed E-state index contributed by atoms with van der Waals surface area (Å²) in [4.78, 5) is 6.90. The normalized spacial score (nSPS) is 24.0. The van der Waals surface area contributed by atoms with Gasteiger partial charge in [0.25, 0.3) is 0 Å². The van der Waals surface area contributed by atoms with Gasteiger partial charge in [-0.3, -0.25) is 0 Å². The van der Waals surface area contributed by atoms with Crippen molar-refractivity contribution in [3.8, 4) is 5.75 Å². The maximum atomic E-state index is 13.9. The Hall–Kier alpha value is -1.86. The summed E-state index contributed by atoms with van der Waals surface area (Å²) in [7, 11) is 1.46. The Kier molecular flexibility index (Phi) is 6.68. The molecule has 0 spiro atoms. The van der Waals surface area contributed by atoms with Gasteiger partial charge in [0.15, 0.2) is 17.5 Å². The van der Waals surface area contributed by atoms with Crippen LogP contribution in [0.1, 0.15) is 25.3 Å². The molecule has 7 heteroatoms. The van der Waals surface area contributed by atoms with Crippen LogP contribution in [0, 0.1) is 5.82 Å². The first-order valence-corrected chi connectivity index (χ1v) is 9.30. The van der Waals surface area contributed by atoms with E-state index in [1.807, 2.05) is 13.0 Å². The molecule has 1 aromatic rings. The van der Waals surface area contributed by atoms with Crippen LogP contribution in [-0.2, 0) is 16.0 Å². The van der Waals surface area contributed by atoms with Crippen molar-refractivity contribution >= 4 is 5.96 Å². The molecule has 2 fully saturated rings. The Labute approximate surface area is 154 Å². The summed E-state index contributed by atoms with van der Waals surface area (Å²) in [6.45, 7) is 6.25. The molecule has 0 saturated carbocycles. The summed E-state index contributed by atoms with van der Waals surface area (Å²) in [6.07, 6.45) is 2.41. The van der Waals surface area contributed by atoms with Crippen LogP contribution < -0.4 is 10.1 Å². The molecule has 1 aromatic carbocycles. The highest BCUT2D eigenvalue weighted by Crippen LogP contribution is 2.21. The number of ether oxygens (including phenoxy) is 3. The lowest BCUT2D eigenvalue weighted by Crippen LogP contribution is -2.53. The largest absolute Gasteiger partial charge is 0.494 e.